The van der Waals surface area contributed by atoms with E-state index in [9.17, 15) is 13.6 Å². The molecule has 0 radical (unpaired) electrons. The number of fused-ring (bicyclic) bond motifs is 1. The summed E-state index contributed by atoms with van der Waals surface area (Å²) in [6.07, 6.45) is 3.65. The molecule has 0 saturated carbocycles. The van der Waals surface area contributed by atoms with Gasteiger partial charge < -0.3 is 9.88 Å². The minimum absolute atomic E-state index is 0.145. The monoisotopic (exact) mass is 422 g/mol. The molecular weight excluding hydrogens is 398 g/mol. The van der Waals surface area contributed by atoms with E-state index < -0.39 is 0 Å². The Morgan fingerprint density at radius 1 is 1.03 bits per heavy atom. The zero-order chi connectivity index (χ0) is 21.8. The van der Waals surface area contributed by atoms with Crippen LogP contribution in [0.5, 0.6) is 0 Å². The first-order valence-corrected chi connectivity index (χ1v) is 10.3. The summed E-state index contributed by atoms with van der Waals surface area (Å²) >= 11 is 0. The summed E-state index contributed by atoms with van der Waals surface area (Å²) in [7, 11) is 1.76. The second-order valence-electron chi connectivity index (χ2n) is 7.71. The summed E-state index contributed by atoms with van der Waals surface area (Å²) in [6.45, 7) is 0.625. The van der Waals surface area contributed by atoms with Crippen LogP contribution >= 0.6 is 0 Å². The first kappa shape index (κ1) is 20.8. The number of unbranched alkanes of at least 4 members (excludes halogenated alkanes) is 2. The molecule has 2 heterocycles. The fraction of sp³-hybridized carbons (Fsp3) is 0.250. The SMILES string of the molecule is CN(CCCCCc1cc(-c2ccc(F)cc2)n[nH]1)C(=O)c1cc2c(F)cccc2[nH]1. The zero-order valence-corrected chi connectivity index (χ0v) is 17.3. The number of carbonyl (C=O) groups excluding carboxylic acids is 1. The Morgan fingerprint density at radius 2 is 1.84 bits per heavy atom. The molecule has 0 bridgehead atoms. The van der Waals surface area contributed by atoms with Gasteiger partial charge >= 0.3 is 0 Å². The van der Waals surface area contributed by atoms with Crippen LogP contribution in [0.4, 0.5) is 8.78 Å². The number of nitrogens with one attached hydrogen (secondary N) is 2. The quantitative estimate of drug-likeness (QED) is 0.378. The Bertz CT molecular complexity index is 1180. The Hall–Kier alpha value is -3.48. The lowest BCUT2D eigenvalue weighted by molar-refractivity contribution is 0.0787. The highest BCUT2D eigenvalue weighted by Gasteiger charge is 2.15. The van der Waals surface area contributed by atoms with Gasteiger partial charge in [0.15, 0.2) is 0 Å². The predicted molar refractivity (Wildman–Crippen MR) is 117 cm³/mol. The Kier molecular flexibility index (Phi) is 6.11. The van der Waals surface area contributed by atoms with Gasteiger partial charge in [-0.15, -0.1) is 0 Å². The number of H-pyrrole nitrogens is 2. The van der Waals surface area contributed by atoms with Crippen LogP contribution in [0.15, 0.2) is 54.6 Å². The first-order chi connectivity index (χ1) is 15.0. The summed E-state index contributed by atoms with van der Waals surface area (Å²) in [5.74, 6) is -0.746. The third-order valence-corrected chi connectivity index (χ3v) is 5.40. The maximum Gasteiger partial charge on any atom is 0.270 e. The maximum absolute atomic E-state index is 13.8. The summed E-state index contributed by atoms with van der Waals surface area (Å²) < 4.78 is 26.9. The van der Waals surface area contributed by atoms with Crippen LogP contribution in [0.25, 0.3) is 22.2 Å². The molecule has 0 aliphatic heterocycles. The van der Waals surface area contributed by atoms with Gasteiger partial charge in [-0.2, -0.15) is 5.10 Å². The molecule has 7 heteroatoms. The largest absolute Gasteiger partial charge is 0.350 e. The fourth-order valence-corrected chi connectivity index (χ4v) is 3.64. The number of halogens is 2. The second-order valence-corrected chi connectivity index (χ2v) is 7.71. The first-order valence-electron chi connectivity index (χ1n) is 10.3. The highest BCUT2D eigenvalue weighted by atomic mass is 19.1. The minimum Gasteiger partial charge on any atom is -0.350 e. The van der Waals surface area contributed by atoms with E-state index in [-0.39, 0.29) is 17.5 Å². The second kappa shape index (κ2) is 9.12. The Morgan fingerprint density at radius 3 is 2.61 bits per heavy atom. The van der Waals surface area contributed by atoms with Crippen molar-refractivity contribution in [3.05, 3.63) is 77.6 Å². The van der Waals surface area contributed by atoms with Crippen LogP contribution in [0, 0.1) is 11.6 Å². The average Bonchev–Trinajstić information content (AvgIpc) is 3.41. The van der Waals surface area contributed by atoms with E-state index in [0.29, 0.717) is 23.1 Å². The summed E-state index contributed by atoms with van der Waals surface area (Å²) in [4.78, 5) is 17.3. The average molecular weight is 422 g/mol. The van der Waals surface area contributed by atoms with Crippen LogP contribution in [0.1, 0.15) is 35.4 Å². The van der Waals surface area contributed by atoms with Crippen molar-refractivity contribution in [2.75, 3.05) is 13.6 Å². The van der Waals surface area contributed by atoms with Crippen LogP contribution in [-0.4, -0.2) is 39.6 Å². The molecule has 2 aromatic carbocycles. The molecule has 160 valence electrons. The molecule has 5 nitrogen and oxygen atoms in total. The van der Waals surface area contributed by atoms with Gasteiger partial charge in [0.2, 0.25) is 0 Å². The third kappa shape index (κ3) is 4.82. The van der Waals surface area contributed by atoms with E-state index in [1.807, 2.05) is 6.07 Å². The molecule has 2 aromatic heterocycles. The highest BCUT2D eigenvalue weighted by molar-refractivity contribution is 5.98. The molecule has 4 rings (SSSR count). The van der Waals surface area contributed by atoms with Crippen LogP contribution in [0.3, 0.4) is 0 Å². The summed E-state index contributed by atoms with van der Waals surface area (Å²) in [5.41, 5.74) is 3.73. The number of aryl methyl sites for hydroxylation is 1. The Labute approximate surface area is 179 Å². The van der Waals surface area contributed by atoms with Crippen molar-refractivity contribution in [3.63, 3.8) is 0 Å². The topological polar surface area (TPSA) is 64.8 Å². The van der Waals surface area contributed by atoms with Gasteiger partial charge in [-0.1, -0.05) is 12.5 Å². The summed E-state index contributed by atoms with van der Waals surface area (Å²) in [5, 5.41) is 7.76. The van der Waals surface area contributed by atoms with Crippen molar-refractivity contribution in [2.45, 2.75) is 25.7 Å². The maximum atomic E-state index is 13.8. The smallest absolute Gasteiger partial charge is 0.270 e. The van der Waals surface area contributed by atoms with Gasteiger partial charge in [0, 0.05) is 35.8 Å². The van der Waals surface area contributed by atoms with Gasteiger partial charge in [0.05, 0.1) is 5.69 Å². The van der Waals surface area contributed by atoms with Crippen molar-refractivity contribution in [1.29, 1.82) is 0 Å². The number of aromatic amines is 2. The molecule has 0 aliphatic carbocycles. The standard InChI is InChI=1S/C24H24F2N4O/c1-30(24(31)23-15-19-20(26)7-5-8-21(19)27-23)13-4-2-3-6-18-14-22(29-28-18)16-9-11-17(25)12-10-16/h5,7-12,14-15,27H,2-4,6,13H2,1H3,(H,28,29). The summed E-state index contributed by atoms with van der Waals surface area (Å²) in [6, 6.07) is 14.6. The lowest BCUT2D eigenvalue weighted by Crippen LogP contribution is -2.28. The van der Waals surface area contributed by atoms with Gasteiger partial charge in [-0.3, -0.25) is 9.89 Å². The molecule has 0 aliphatic rings. The molecule has 31 heavy (non-hydrogen) atoms. The van der Waals surface area contributed by atoms with E-state index in [1.54, 1.807) is 42.3 Å². The van der Waals surface area contributed by atoms with E-state index in [1.165, 1.54) is 18.2 Å². The van der Waals surface area contributed by atoms with Crippen molar-refractivity contribution < 1.29 is 13.6 Å². The molecule has 0 spiro atoms. The number of rotatable bonds is 8. The third-order valence-electron chi connectivity index (χ3n) is 5.40. The molecule has 4 aromatic rings. The van der Waals surface area contributed by atoms with Crippen molar-refractivity contribution in [1.82, 2.24) is 20.1 Å². The predicted octanol–water partition coefficient (Wildman–Crippen LogP) is 5.32. The van der Waals surface area contributed by atoms with Gasteiger partial charge in [0.1, 0.15) is 17.3 Å². The molecule has 0 fully saturated rings. The van der Waals surface area contributed by atoms with Crippen molar-refractivity contribution in [2.24, 2.45) is 0 Å². The number of benzene rings is 2. The number of aromatic nitrogens is 3. The van der Waals surface area contributed by atoms with Crippen LogP contribution in [-0.2, 0) is 6.42 Å². The van der Waals surface area contributed by atoms with Crippen LogP contribution < -0.4 is 0 Å². The fourth-order valence-electron chi connectivity index (χ4n) is 3.64. The van der Waals surface area contributed by atoms with Crippen molar-refractivity contribution >= 4 is 16.8 Å². The van der Waals surface area contributed by atoms with Gasteiger partial charge in [0.25, 0.3) is 5.91 Å². The van der Waals surface area contributed by atoms with Gasteiger partial charge in [-0.25, -0.2) is 8.78 Å². The number of carbonyl (C=O) groups is 1. The minimum atomic E-state index is -0.336. The lowest BCUT2D eigenvalue weighted by Gasteiger charge is -2.16. The van der Waals surface area contributed by atoms with Crippen LogP contribution in [0.2, 0.25) is 0 Å². The molecule has 1 amide bonds. The highest BCUT2D eigenvalue weighted by Crippen LogP contribution is 2.20. The molecule has 0 unspecified atom stereocenters. The number of amides is 1. The number of hydrogen-bond acceptors (Lipinski definition) is 2. The van der Waals surface area contributed by atoms with E-state index in [2.05, 4.69) is 15.2 Å². The molecule has 2 N–H and O–H groups in total. The van der Waals surface area contributed by atoms with Gasteiger partial charge in [-0.05, 0) is 67.8 Å². The molecule has 0 saturated heterocycles. The van der Waals surface area contributed by atoms with E-state index in [0.717, 1.165) is 42.6 Å². The molecule has 0 atom stereocenters. The normalized spacial score (nSPS) is 11.2. The zero-order valence-electron chi connectivity index (χ0n) is 17.3. The number of hydrogen-bond donors (Lipinski definition) is 2. The number of nitrogens with zero attached hydrogens (tertiary/aromatic N) is 2. The lowest BCUT2D eigenvalue weighted by atomic mass is 10.1. The molecular formula is C24H24F2N4O. The van der Waals surface area contributed by atoms with Crippen molar-refractivity contribution in [3.8, 4) is 11.3 Å². The van der Waals surface area contributed by atoms with E-state index >= 15 is 0 Å². The van der Waals surface area contributed by atoms with E-state index in [4.69, 9.17) is 0 Å². The Balaban J connectivity index is 1.23.